The van der Waals surface area contributed by atoms with Crippen LogP contribution in [0.1, 0.15) is 24.2 Å². The van der Waals surface area contributed by atoms with Gasteiger partial charge in [-0.15, -0.1) is 11.8 Å². The molecule has 1 aliphatic rings. The average Bonchev–Trinajstić information content (AvgIpc) is 3.11. The van der Waals surface area contributed by atoms with E-state index in [1.807, 2.05) is 25.0 Å². The molecule has 3 aromatic rings. The molecule has 9 heteroatoms. The first-order valence-corrected chi connectivity index (χ1v) is 10.1. The number of aromatic nitrogens is 3. The molecule has 2 unspecified atom stereocenters. The topological polar surface area (TPSA) is 81.4 Å². The first-order chi connectivity index (χ1) is 13.5. The molecule has 3 heterocycles. The average molecular weight is 402 g/mol. The number of ether oxygens (including phenoxy) is 1. The number of fused-ring (bicyclic) bond motifs is 1. The molecule has 2 aromatic heterocycles. The fourth-order valence-electron chi connectivity index (χ4n) is 3.55. The number of hydrogen-bond donors (Lipinski definition) is 0. The molecule has 4 rings (SSSR count). The molecule has 0 saturated carbocycles. The van der Waals surface area contributed by atoms with Gasteiger partial charge in [0, 0.05) is 18.7 Å². The summed E-state index contributed by atoms with van der Waals surface area (Å²) in [7, 11) is 0. The smallest absolute Gasteiger partial charge is 0.205 e. The Morgan fingerprint density at radius 2 is 2.00 bits per heavy atom. The number of aldehydes is 1. The molecule has 0 amide bonds. The molecular formula is C19H19FN4O3S. The maximum Gasteiger partial charge on any atom is 0.205 e. The second-order valence-corrected chi connectivity index (χ2v) is 7.59. The normalized spacial score (nSPS) is 19.9. The van der Waals surface area contributed by atoms with Crippen LogP contribution in [0.25, 0.3) is 22.4 Å². The lowest BCUT2D eigenvalue weighted by atomic mass is 10.0. The van der Waals surface area contributed by atoms with Crippen LogP contribution in [-0.4, -0.2) is 53.0 Å². The number of halogens is 1. The van der Waals surface area contributed by atoms with Crippen LogP contribution in [-0.2, 0) is 4.74 Å². The highest BCUT2D eigenvalue weighted by Crippen LogP contribution is 2.36. The summed E-state index contributed by atoms with van der Waals surface area (Å²) in [6.07, 6.45) is 5.57. The van der Waals surface area contributed by atoms with E-state index in [4.69, 9.17) is 9.26 Å². The largest absolute Gasteiger partial charge is 0.372 e. The van der Waals surface area contributed by atoms with Crippen LogP contribution in [0.15, 0.2) is 28.0 Å². The van der Waals surface area contributed by atoms with Crippen LogP contribution in [0.5, 0.6) is 0 Å². The Kier molecular flexibility index (Phi) is 5.03. The lowest BCUT2D eigenvalue weighted by Gasteiger charge is -2.37. The van der Waals surface area contributed by atoms with Crippen LogP contribution < -0.4 is 4.90 Å². The summed E-state index contributed by atoms with van der Waals surface area (Å²) < 4.78 is 26.4. The highest BCUT2D eigenvalue weighted by molar-refractivity contribution is 7.98. The monoisotopic (exact) mass is 402 g/mol. The molecule has 28 heavy (non-hydrogen) atoms. The zero-order valence-electron chi connectivity index (χ0n) is 15.7. The van der Waals surface area contributed by atoms with E-state index in [0.717, 1.165) is 5.03 Å². The number of morpholine rings is 1. The highest BCUT2D eigenvalue weighted by atomic mass is 32.2. The van der Waals surface area contributed by atoms with Gasteiger partial charge < -0.3 is 14.2 Å². The minimum absolute atomic E-state index is 0.00172. The fraction of sp³-hybridized carbons (Fsp3) is 0.368. The van der Waals surface area contributed by atoms with Crippen molar-refractivity contribution in [1.29, 1.82) is 0 Å². The maximum atomic E-state index is 15.4. The van der Waals surface area contributed by atoms with Gasteiger partial charge in [-0.3, -0.25) is 9.78 Å². The van der Waals surface area contributed by atoms with Crippen LogP contribution in [0, 0.1) is 5.82 Å². The number of anilines is 1. The van der Waals surface area contributed by atoms with Gasteiger partial charge in [-0.05, 0) is 26.2 Å². The van der Waals surface area contributed by atoms with Crippen molar-refractivity contribution in [2.45, 2.75) is 31.1 Å². The number of thioether (sulfide) groups is 1. The first-order valence-electron chi connectivity index (χ1n) is 8.85. The van der Waals surface area contributed by atoms with E-state index < -0.39 is 5.82 Å². The Bertz CT molecular complexity index is 1010. The second-order valence-electron chi connectivity index (χ2n) is 6.76. The van der Waals surface area contributed by atoms with Gasteiger partial charge in [-0.25, -0.2) is 9.37 Å². The Balaban J connectivity index is 1.83. The zero-order chi connectivity index (χ0) is 19.8. The summed E-state index contributed by atoms with van der Waals surface area (Å²) in [6, 6.07) is 1.60. The van der Waals surface area contributed by atoms with Crippen molar-refractivity contribution < 1.29 is 18.4 Å². The van der Waals surface area contributed by atoms with Crippen molar-refractivity contribution in [3.05, 3.63) is 29.8 Å². The summed E-state index contributed by atoms with van der Waals surface area (Å²) in [5.74, 6) is -0.603. The van der Waals surface area contributed by atoms with Crippen LogP contribution in [0.2, 0.25) is 0 Å². The number of benzene rings is 1. The predicted molar refractivity (Wildman–Crippen MR) is 104 cm³/mol. The molecule has 0 radical (unpaired) electrons. The minimum Gasteiger partial charge on any atom is -0.372 e. The Morgan fingerprint density at radius 1 is 1.25 bits per heavy atom. The quantitative estimate of drug-likeness (QED) is 0.484. The van der Waals surface area contributed by atoms with Crippen molar-refractivity contribution in [2.24, 2.45) is 0 Å². The lowest BCUT2D eigenvalue weighted by Crippen LogP contribution is -2.46. The van der Waals surface area contributed by atoms with Gasteiger partial charge in [0.1, 0.15) is 16.4 Å². The van der Waals surface area contributed by atoms with E-state index in [1.165, 1.54) is 11.8 Å². The summed E-state index contributed by atoms with van der Waals surface area (Å²) >= 11 is 1.47. The van der Waals surface area contributed by atoms with E-state index in [2.05, 4.69) is 15.1 Å². The third-order valence-corrected chi connectivity index (χ3v) is 5.28. The standard InChI is InChI=1S/C19H19FN4O3S/c1-10-7-24(8-11(2)26-10)18-12(9-25)4-13-17(23-27-19(13)16(18)20)14-5-22-15(28-3)6-21-14/h4-6,9-11H,7-8H2,1-3H3. The van der Waals surface area contributed by atoms with Gasteiger partial charge in [-0.2, -0.15) is 0 Å². The van der Waals surface area contributed by atoms with Gasteiger partial charge >= 0.3 is 0 Å². The zero-order valence-corrected chi connectivity index (χ0v) is 16.5. The second kappa shape index (κ2) is 7.48. The van der Waals surface area contributed by atoms with Crippen molar-refractivity contribution in [3.8, 4) is 11.4 Å². The molecule has 1 aromatic carbocycles. The SMILES string of the molecule is CSc1cnc(-c2noc3c(F)c(N4CC(C)OC(C)C4)c(C=O)cc23)cn1. The van der Waals surface area contributed by atoms with Gasteiger partial charge in [0.2, 0.25) is 5.58 Å². The number of nitrogens with zero attached hydrogens (tertiary/aromatic N) is 4. The fourth-order valence-corrected chi connectivity index (χ4v) is 3.86. The molecule has 7 nitrogen and oxygen atoms in total. The third-order valence-electron chi connectivity index (χ3n) is 4.65. The predicted octanol–water partition coefficient (Wildman–Crippen LogP) is 3.57. The van der Waals surface area contributed by atoms with Crippen molar-refractivity contribution in [2.75, 3.05) is 24.2 Å². The van der Waals surface area contributed by atoms with Gasteiger partial charge in [0.25, 0.3) is 0 Å². The molecule has 1 aliphatic heterocycles. The molecule has 146 valence electrons. The molecular weight excluding hydrogens is 383 g/mol. The van der Waals surface area contributed by atoms with Crippen molar-refractivity contribution >= 4 is 34.7 Å². The molecule has 0 bridgehead atoms. The van der Waals surface area contributed by atoms with E-state index in [9.17, 15) is 4.79 Å². The Morgan fingerprint density at radius 3 is 2.61 bits per heavy atom. The van der Waals surface area contributed by atoms with Crippen LogP contribution in [0.3, 0.4) is 0 Å². The van der Waals surface area contributed by atoms with Crippen molar-refractivity contribution in [1.82, 2.24) is 15.1 Å². The molecule has 2 atom stereocenters. The Labute approximate surface area is 165 Å². The summed E-state index contributed by atoms with van der Waals surface area (Å²) in [5.41, 5.74) is 1.26. The first kappa shape index (κ1) is 18.8. The van der Waals surface area contributed by atoms with E-state index in [0.29, 0.717) is 36.1 Å². The minimum atomic E-state index is -0.603. The number of carbonyl (C=O) groups is 1. The number of rotatable bonds is 4. The molecule has 0 spiro atoms. The third kappa shape index (κ3) is 3.24. The van der Waals surface area contributed by atoms with Gasteiger partial charge in [-0.1, -0.05) is 5.16 Å². The summed E-state index contributed by atoms with van der Waals surface area (Å²) in [5, 5.41) is 5.14. The lowest BCUT2D eigenvalue weighted by molar-refractivity contribution is -0.00543. The maximum absolute atomic E-state index is 15.4. The molecule has 1 fully saturated rings. The van der Waals surface area contributed by atoms with Crippen LogP contribution in [0.4, 0.5) is 10.1 Å². The van der Waals surface area contributed by atoms with Gasteiger partial charge in [0.05, 0.1) is 35.7 Å². The summed E-state index contributed by atoms with van der Waals surface area (Å²) in [6.45, 7) is 4.80. The van der Waals surface area contributed by atoms with Gasteiger partial charge in [0.15, 0.2) is 12.1 Å². The van der Waals surface area contributed by atoms with E-state index in [-0.39, 0.29) is 29.0 Å². The van der Waals surface area contributed by atoms with Crippen molar-refractivity contribution in [3.63, 3.8) is 0 Å². The Hall–Kier alpha value is -2.52. The summed E-state index contributed by atoms with van der Waals surface area (Å²) in [4.78, 5) is 22.2. The van der Waals surface area contributed by atoms with E-state index >= 15 is 4.39 Å². The molecule has 1 saturated heterocycles. The molecule has 0 N–H and O–H groups in total. The number of carbonyl (C=O) groups excluding carboxylic acids is 1. The van der Waals surface area contributed by atoms with Crippen LogP contribution >= 0.6 is 11.8 Å². The molecule has 0 aliphatic carbocycles. The highest BCUT2D eigenvalue weighted by Gasteiger charge is 2.29. The number of hydrogen-bond acceptors (Lipinski definition) is 8. The van der Waals surface area contributed by atoms with E-state index in [1.54, 1.807) is 18.5 Å².